The third kappa shape index (κ3) is 6.20. The molecule has 0 atom stereocenters. The zero-order valence-electron chi connectivity index (χ0n) is 10.9. The van der Waals surface area contributed by atoms with Crippen LogP contribution in [0.2, 0.25) is 0 Å². The van der Waals surface area contributed by atoms with Crippen molar-refractivity contribution in [3.63, 3.8) is 0 Å². The predicted molar refractivity (Wildman–Crippen MR) is 69.8 cm³/mol. The maximum atomic E-state index is 11.9. The van der Waals surface area contributed by atoms with E-state index in [2.05, 4.69) is 33.0 Å². The van der Waals surface area contributed by atoms with Gasteiger partial charge in [0.25, 0.3) is 0 Å². The summed E-state index contributed by atoms with van der Waals surface area (Å²) < 4.78 is 0. The number of nitrogens with one attached hydrogen (secondary N) is 1. The van der Waals surface area contributed by atoms with Crippen LogP contribution in [0.3, 0.4) is 0 Å². The largest absolute Gasteiger partial charge is 1.00 e. The molecule has 0 bridgehead atoms. The first kappa shape index (κ1) is 17.2. The topological polar surface area (TPSA) is 29.1 Å². The Morgan fingerprint density at radius 1 is 1.38 bits per heavy atom. The Hall–Kier alpha value is 1.17. The summed E-state index contributed by atoms with van der Waals surface area (Å²) in [6.07, 6.45) is 0.950. The minimum atomic E-state index is -0.103. The van der Waals surface area contributed by atoms with Crippen LogP contribution in [-0.4, -0.2) is 23.0 Å². The molecule has 1 aliphatic rings. The fraction of sp³-hybridized carbons (Fsp3) is 0.818. The molecule has 1 aliphatic heterocycles. The molecule has 1 rings (SSSR count). The Labute approximate surface area is 129 Å². The fourth-order valence-electron chi connectivity index (χ4n) is 1.82. The van der Waals surface area contributed by atoms with Crippen molar-refractivity contribution in [1.29, 1.82) is 0 Å². The van der Waals surface area contributed by atoms with Crippen LogP contribution in [0.15, 0.2) is 0 Å². The summed E-state index contributed by atoms with van der Waals surface area (Å²) in [5.74, 6) is 3.70. The molecule has 0 unspecified atom stereocenters. The summed E-state index contributed by atoms with van der Waals surface area (Å²) in [6, 6.07) is 0. The van der Waals surface area contributed by atoms with E-state index in [1.54, 1.807) is 21.6 Å². The maximum absolute atomic E-state index is 11.9. The van der Waals surface area contributed by atoms with E-state index in [4.69, 9.17) is 0 Å². The van der Waals surface area contributed by atoms with Crippen LogP contribution in [0.4, 0.5) is 0 Å². The second kappa shape index (κ2) is 7.57. The molecular formula is C11H20NNaOS2. The number of rotatable bonds is 4. The molecule has 0 aromatic carbocycles. The van der Waals surface area contributed by atoms with E-state index in [0.29, 0.717) is 0 Å². The smallest absolute Gasteiger partial charge is 0.354 e. The molecule has 1 saturated heterocycles. The maximum Gasteiger partial charge on any atom is 1.00 e. The van der Waals surface area contributed by atoms with Gasteiger partial charge in [0.2, 0.25) is 5.91 Å². The van der Waals surface area contributed by atoms with Crippen molar-refractivity contribution in [2.24, 2.45) is 5.92 Å². The summed E-state index contributed by atoms with van der Waals surface area (Å²) in [7, 11) is 3.60. The minimum Gasteiger partial charge on any atom is -0.354 e. The van der Waals surface area contributed by atoms with Gasteiger partial charge in [-0.2, -0.15) is 20.3 Å². The molecule has 2 nitrogen and oxygen atoms in total. The Kier molecular flexibility index (Phi) is 8.12. The third-order valence-corrected chi connectivity index (χ3v) is 4.81. The van der Waals surface area contributed by atoms with Crippen molar-refractivity contribution in [1.82, 2.24) is 5.32 Å². The van der Waals surface area contributed by atoms with E-state index < -0.39 is 0 Å². The van der Waals surface area contributed by atoms with Gasteiger partial charge in [0, 0.05) is 17.0 Å². The van der Waals surface area contributed by atoms with Gasteiger partial charge in [-0.15, -0.1) is 0 Å². The van der Waals surface area contributed by atoms with Crippen molar-refractivity contribution in [2.75, 3.05) is 11.5 Å². The molecule has 1 amide bonds. The van der Waals surface area contributed by atoms with Crippen molar-refractivity contribution in [2.45, 2.75) is 39.7 Å². The molecule has 1 fully saturated rings. The van der Waals surface area contributed by atoms with Crippen LogP contribution in [0.5, 0.6) is 0 Å². The van der Waals surface area contributed by atoms with Crippen LogP contribution in [-0.2, 0) is 4.79 Å². The summed E-state index contributed by atoms with van der Waals surface area (Å²) in [6.45, 7) is 8.39. The van der Waals surface area contributed by atoms with Gasteiger partial charge >= 0.3 is 29.6 Å². The van der Waals surface area contributed by atoms with Gasteiger partial charge in [0.1, 0.15) is 0 Å². The average molecular weight is 269 g/mol. The second-order valence-electron chi connectivity index (χ2n) is 5.02. The van der Waals surface area contributed by atoms with Gasteiger partial charge < -0.3 is 11.2 Å². The zero-order chi connectivity index (χ0) is 11.5. The predicted octanol–water partition coefficient (Wildman–Crippen LogP) is -0.0992. The van der Waals surface area contributed by atoms with Crippen LogP contribution >= 0.6 is 21.6 Å². The summed E-state index contributed by atoms with van der Waals surface area (Å²) in [5, 5.41) is 3.14. The molecule has 0 aromatic rings. The van der Waals surface area contributed by atoms with Crippen molar-refractivity contribution < 1.29 is 34.4 Å². The molecule has 1 heterocycles. The van der Waals surface area contributed by atoms with Gasteiger partial charge in [-0.3, -0.25) is 4.79 Å². The van der Waals surface area contributed by atoms with Crippen molar-refractivity contribution >= 4 is 27.5 Å². The number of hydrogen-bond donors (Lipinski definition) is 1. The first-order valence-electron chi connectivity index (χ1n) is 5.26. The van der Waals surface area contributed by atoms with Gasteiger partial charge in [-0.25, -0.2) is 0 Å². The molecule has 0 radical (unpaired) electrons. The molecule has 16 heavy (non-hydrogen) atoms. The van der Waals surface area contributed by atoms with Gasteiger partial charge in [0.15, 0.2) is 0 Å². The molecular weight excluding hydrogens is 249 g/mol. The monoisotopic (exact) mass is 269 g/mol. The molecule has 0 aromatic heterocycles. The number of carbonyl (C=O) groups is 1. The Balaban J connectivity index is 0.00000225. The van der Waals surface area contributed by atoms with Gasteiger partial charge in [-0.05, 0) is 13.8 Å². The fourth-order valence-corrected chi connectivity index (χ4v) is 4.60. The average Bonchev–Trinajstić information content (AvgIpc) is 2.50. The molecule has 0 saturated carbocycles. The molecule has 0 aliphatic carbocycles. The third-order valence-electron chi connectivity index (χ3n) is 2.25. The van der Waals surface area contributed by atoms with Crippen molar-refractivity contribution in [3.8, 4) is 0 Å². The minimum absolute atomic E-state index is 0. The standard InChI is InChI=1S/C11H20NOS2.Na/c1-8(2)5-11(3,4)12-10(13)9-6-14-15-7-9;/h9H,5-7H2,1-4H3,(H,12,13);/q-1;+1. The van der Waals surface area contributed by atoms with E-state index >= 15 is 0 Å². The van der Waals surface area contributed by atoms with Gasteiger partial charge in [0.05, 0.1) is 5.92 Å². The van der Waals surface area contributed by atoms with E-state index in [1.807, 2.05) is 0 Å². The quantitative estimate of drug-likeness (QED) is 0.439. The molecule has 88 valence electrons. The van der Waals surface area contributed by atoms with Crippen LogP contribution < -0.4 is 34.9 Å². The summed E-state index contributed by atoms with van der Waals surface area (Å²) in [4.78, 5) is 11.9. The molecule has 1 N–H and O–H groups in total. The second-order valence-corrected chi connectivity index (χ2v) is 7.58. The van der Waals surface area contributed by atoms with Crippen LogP contribution in [0.1, 0.15) is 34.1 Å². The van der Waals surface area contributed by atoms with E-state index in [1.165, 1.54) is 5.92 Å². The van der Waals surface area contributed by atoms with Gasteiger partial charge in [-0.1, -0.05) is 21.6 Å². The van der Waals surface area contributed by atoms with Crippen LogP contribution in [0.25, 0.3) is 0 Å². The van der Waals surface area contributed by atoms with Crippen molar-refractivity contribution in [3.05, 3.63) is 5.92 Å². The Bertz CT molecular complexity index is 228. The summed E-state index contributed by atoms with van der Waals surface area (Å²) in [5.41, 5.74) is -0.103. The normalized spacial score (nSPS) is 17.3. The van der Waals surface area contributed by atoms with E-state index in [0.717, 1.165) is 17.9 Å². The zero-order valence-corrected chi connectivity index (χ0v) is 14.6. The number of amides is 1. The first-order valence-corrected chi connectivity index (χ1v) is 7.75. The van der Waals surface area contributed by atoms with E-state index in [-0.39, 0.29) is 46.9 Å². The number of carbonyl (C=O) groups excluding carboxylic acids is 1. The SMILES string of the molecule is C[C-](C)CC(C)(C)NC(=O)C1CSSC1.[Na+]. The summed E-state index contributed by atoms with van der Waals surface area (Å²) >= 11 is 0. The number of hydrogen-bond acceptors (Lipinski definition) is 3. The Morgan fingerprint density at radius 2 is 1.88 bits per heavy atom. The van der Waals surface area contributed by atoms with Crippen LogP contribution in [0, 0.1) is 11.8 Å². The molecule has 5 heteroatoms. The Morgan fingerprint density at radius 3 is 2.31 bits per heavy atom. The first-order chi connectivity index (χ1) is 6.91. The van der Waals surface area contributed by atoms with E-state index in [9.17, 15) is 4.79 Å². The molecule has 0 spiro atoms.